The van der Waals surface area contributed by atoms with Crippen LogP contribution in [0.4, 0.5) is 5.82 Å². The number of benzene rings is 2. The Labute approximate surface area is 181 Å². The molecule has 0 unspecified atom stereocenters. The zero-order valence-corrected chi connectivity index (χ0v) is 18.6. The molecule has 0 aliphatic heterocycles. The van der Waals surface area contributed by atoms with E-state index in [4.69, 9.17) is 0 Å². The highest BCUT2D eigenvalue weighted by molar-refractivity contribution is 7.92. The van der Waals surface area contributed by atoms with Crippen LogP contribution in [0.5, 0.6) is 0 Å². The third kappa shape index (κ3) is 3.98. The van der Waals surface area contributed by atoms with Gasteiger partial charge in [0.2, 0.25) is 5.52 Å². The SMILES string of the molecule is Cc1cc(NS(=O)(=O)c2ccc(C(C)(C)C)cc2)n(-c2cccc3c2ccc[n+]3[O-])n1. The van der Waals surface area contributed by atoms with E-state index in [-0.39, 0.29) is 10.3 Å². The van der Waals surface area contributed by atoms with Crippen LogP contribution in [0.3, 0.4) is 0 Å². The maximum absolute atomic E-state index is 13.1. The Balaban J connectivity index is 1.76. The highest BCUT2D eigenvalue weighted by Gasteiger charge is 2.21. The summed E-state index contributed by atoms with van der Waals surface area (Å²) in [5, 5.41) is 17.3. The lowest BCUT2D eigenvalue weighted by Crippen LogP contribution is -2.26. The van der Waals surface area contributed by atoms with Gasteiger partial charge in [-0.3, -0.25) is 4.72 Å². The molecule has 0 spiro atoms. The topological polar surface area (TPSA) is 90.9 Å². The molecule has 1 N–H and O–H groups in total. The van der Waals surface area contributed by atoms with Crippen molar-refractivity contribution in [1.82, 2.24) is 9.78 Å². The summed E-state index contributed by atoms with van der Waals surface area (Å²) in [6.07, 6.45) is 1.42. The molecule has 0 fully saturated rings. The van der Waals surface area contributed by atoms with Gasteiger partial charge in [0.05, 0.1) is 21.7 Å². The largest absolute Gasteiger partial charge is 0.618 e. The molecule has 4 rings (SSSR count). The van der Waals surface area contributed by atoms with E-state index in [2.05, 4.69) is 30.6 Å². The Morgan fingerprint density at radius 1 is 1.03 bits per heavy atom. The summed E-state index contributed by atoms with van der Waals surface area (Å²) in [7, 11) is -3.83. The highest BCUT2D eigenvalue weighted by Crippen LogP contribution is 2.27. The van der Waals surface area contributed by atoms with Crippen molar-refractivity contribution in [2.75, 3.05) is 4.72 Å². The number of aromatic nitrogens is 3. The maximum Gasteiger partial charge on any atom is 0.263 e. The summed E-state index contributed by atoms with van der Waals surface area (Å²) in [5.74, 6) is 0.297. The lowest BCUT2D eigenvalue weighted by Gasteiger charge is -2.19. The van der Waals surface area contributed by atoms with Crippen LogP contribution in [0, 0.1) is 12.1 Å². The molecule has 2 aromatic carbocycles. The average molecular weight is 437 g/mol. The summed E-state index contributed by atoms with van der Waals surface area (Å²) >= 11 is 0. The van der Waals surface area contributed by atoms with Gasteiger partial charge in [0.15, 0.2) is 6.20 Å². The lowest BCUT2D eigenvalue weighted by molar-refractivity contribution is -0.577. The van der Waals surface area contributed by atoms with Gasteiger partial charge in [-0.25, -0.2) is 13.1 Å². The second-order valence-electron chi connectivity index (χ2n) is 8.51. The predicted molar refractivity (Wildman–Crippen MR) is 121 cm³/mol. The Bertz CT molecular complexity index is 1370. The second kappa shape index (κ2) is 7.39. The summed E-state index contributed by atoms with van der Waals surface area (Å²) in [6.45, 7) is 8.01. The van der Waals surface area contributed by atoms with E-state index < -0.39 is 10.0 Å². The van der Waals surface area contributed by atoms with Crippen LogP contribution in [0.2, 0.25) is 0 Å². The number of nitrogens with one attached hydrogen (secondary N) is 1. The molecule has 2 aromatic heterocycles. The minimum absolute atomic E-state index is 0.0712. The van der Waals surface area contributed by atoms with Crippen molar-refractivity contribution >= 4 is 26.7 Å². The van der Waals surface area contributed by atoms with E-state index in [1.165, 1.54) is 10.9 Å². The van der Waals surface area contributed by atoms with Crippen LogP contribution in [0.25, 0.3) is 16.6 Å². The molecule has 0 saturated heterocycles. The first-order valence-electron chi connectivity index (χ1n) is 9.87. The lowest BCUT2D eigenvalue weighted by atomic mass is 9.87. The molecule has 0 bridgehead atoms. The maximum atomic E-state index is 13.1. The molecule has 160 valence electrons. The van der Waals surface area contributed by atoms with E-state index in [0.717, 1.165) is 10.3 Å². The molecule has 0 aliphatic carbocycles. The minimum atomic E-state index is -3.83. The third-order valence-corrected chi connectivity index (χ3v) is 6.48. The number of anilines is 1. The molecule has 0 atom stereocenters. The van der Waals surface area contributed by atoms with Crippen molar-refractivity contribution in [3.05, 3.63) is 83.3 Å². The van der Waals surface area contributed by atoms with Crippen LogP contribution in [0.15, 0.2) is 71.8 Å². The number of hydrogen-bond donors (Lipinski definition) is 1. The van der Waals surface area contributed by atoms with E-state index in [0.29, 0.717) is 28.1 Å². The number of rotatable bonds is 4. The van der Waals surface area contributed by atoms with E-state index in [9.17, 15) is 13.6 Å². The summed E-state index contributed by atoms with van der Waals surface area (Å²) < 4.78 is 31.1. The van der Waals surface area contributed by atoms with Gasteiger partial charge in [-0.05, 0) is 42.2 Å². The average Bonchev–Trinajstić information content (AvgIpc) is 3.06. The highest BCUT2D eigenvalue weighted by atomic mass is 32.2. The van der Waals surface area contributed by atoms with Crippen molar-refractivity contribution in [3.8, 4) is 5.69 Å². The number of pyridine rings is 1. The fraction of sp³-hybridized carbons (Fsp3) is 0.217. The van der Waals surface area contributed by atoms with Gasteiger partial charge >= 0.3 is 0 Å². The predicted octanol–water partition coefficient (Wildman–Crippen LogP) is 4.07. The van der Waals surface area contributed by atoms with Crippen molar-refractivity contribution < 1.29 is 13.1 Å². The fourth-order valence-corrected chi connectivity index (χ4v) is 4.51. The van der Waals surface area contributed by atoms with Gasteiger partial charge in [-0.1, -0.05) is 39.0 Å². The first-order chi connectivity index (χ1) is 14.6. The summed E-state index contributed by atoms with van der Waals surface area (Å²) in [5.41, 5.74) is 2.70. The molecule has 0 radical (unpaired) electrons. The second-order valence-corrected chi connectivity index (χ2v) is 10.2. The molecule has 8 heteroatoms. The number of fused-ring (bicyclic) bond motifs is 1. The Morgan fingerprint density at radius 2 is 1.74 bits per heavy atom. The normalized spacial score (nSPS) is 12.3. The van der Waals surface area contributed by atoms with Gasteiger partial charge in [-0.2, -0.15) is 9.83 Å². The molecule has 0 amide bonds. The molecule has 4 aromatic rings. The standard InChI is InChI=1S/C23H24N4O3S/c1-16-15-22(25-31(29,30)18-12-10-17(11-13-18)23(2,3)4)27(24-16)21-9-5-8-20-19(21)7-6-14-26(20)28/h5-15,25H,1-4H3. The first kappa shape index (κ1) is 20.9. The van der Waals surface area contributed by atoms with Crippen molar-refractivity contribution in [1.29, 1.82) is 0 Å². The zero-order chi connectivity index (χ0) is 22.4. The Kier molecular flexibility index (Phi) is 4.97. The molecule has 0 saturated carbocycles. The first-order valence-corrected chi connectivity index (χ1v) is 11.4. The van der Waals surface area contributed by atoms with Gasteiger partial charge in [0, 0.05) is 18.2 Å². The Hall–Kier alpha value is -3.39. The van der Waals surface area contributed by atoms with Crippen LogP contribution in [0.1, 0.15) is 32.0 Å². The van der Waals surface area contributed by atoms with Gasteiger partial charge in [0.1, 0.15) is 5.82 Å². The fourth-order valence-electron chi connectivity index (χ4n) is 3.47. The van der Waals surface area contributed by atoms with E-state index >= 15 is 0 Å². The van der Waals surface area contributed by atoms with Gasteiger partial charge in [0.25, 0.3) is 10.0 Å². The van der Waals surface area contributed by atoms with Gasteiger partial charge in [-0.15, -0.1) is 0 Å². The van der Waals surface area contributed by atoms with Crippen molar-refractivity contribution in [2.24, 2.45) is 0 Å². The van der Waals surface area contributed by atoms with Crippen LogP contribution in [-0.2, 0) is 15.4 Å². The zero-order valence-electron chi connectivity index (χ0n) is 17.8. The number of nitrogens with zero attached hydrogens (tertiary/aromatic N) is 3. The monoisotopic (exact) mass is 436 g/mol. The summed E-state index contributed by atoms with van der Waals surface area (Å²) in [6, 6.07) is 17.2. The molecule has 7 nitrogen and oxygen atoms in total. The molecular formula is C23H24N4O3S. The molecule has 2 heterocycles. The molecular weight excluding hydrogens is 412 g/mol. The van der Waals surface area contributed by atoms with Crippen molar-refractivity contribution in [3.63, 3.8) is 0 Å². The van der Waals surface area contributed by atoms with E-state index in [1.54, 1.807) is 55.5 Å². The van der Waals surface area contributed by atoms with Gasteiger partial charge < -0.3 is 5.21 Å². The summed E-state index contributed by atoms with van der Waals surface area (Å²) in [4.78, 5) is 0.168. The van der Waals surface area contributed by atoms with Crippen LogP contribution >= 0.6 is 0 Å². The van der Waals surface area contributed by atoms with Crippen LogP contribution < -0.4 is 9.45 Å². The minimum Gasteiger partial charge on any atom is -0.618 e. The quantitative estimate of drug-likeness (QED) is 0.386. The number of aryl methyl sites for hydroxylation is 1. The van der Waals surface area contributed by atoms with Crippen LogP contribution in [-0.4, -0.2) is 18.2 Å². The molecule has 31 heavy (non-hydrogen) atoms. The number of sulfonamides is 1. The van der Waals surface area contributed by atoms with E-state index in [1.807, 2.05) is 12.1 Å². The van der Waals surface area contributed by atoms with Crippen molar-refractivity contribution in [2.45, 2.75) is 38.0 Å². The smallest absolute Gasteiger partial charge is 0.263 e. The number of hydrogen-bond acceptors (Lipinski definition) is 4. The third-order valence-electron chi connectivity index (χ3n) is 5.11. The Morgan fingerprint density at radius 3 is 2.42 bits per heavy atom. The molecule has 0 aliphatic rings.